The van der Waals surface area contributed by atoms with Crippen LogP contribution in [-0.2, 0) is 7.05 Å². The summed E-state index contributed by atoms with van der Waals surface area (Å²) in [6.45, 7) is 2.10. The van der Waals surface area contributed by atoms with E-state index in [0.717, 1.165) is 21.5 Å². The van der Waals surface area contributed by atoms with Crippen molar-refractivity contribution in [1.82, 2.24) is 4.98 Å². The van der Waals surface area contributed by atoms with Crippen LogP contribution in [0.15, 0.2) is 42.6 Å². The number of aromatic amines is 1. The van der Waals surface area contributed by atoms with Crippen molar-refractivity contribution in [3.05, 3.63) is 64.6 Å². The fourth-order valence-corrected chi connectivity index (χ4v) is 2.48. The Labute approximate surface area is 123 Å². The first-order valence-electron chi connectivity index (χ1n) is 6.55. The van der Waals surface area contributed by atoms with Gasteiger partial charge in [0.15, 0.2) is 5.69 Å². The fourth-order valence-electron chi connectivity index (χ4n) is 2.31. The van der Waals surface area contributed by atoms with Crippen molar-refractivity contribution in [1.29, 1.82) is 0 Å². The first-order valence-corrected chi connectivity index (χ1v) is 6.93. The molecule has 0 saturated heterocycles. The Balaban J connectivity index is 2.02. The molecule has 2 aromatic heterocycles. The molecular weight excluding hydrogens is 268 g/mol. The molecule has 0 aliphatic heterocycles. The van der Waals surface area contributed by atoms with E-state index < -0.39 is 0 Å². The number of halogens is 1. The van der Waals surface area contributed by atoms with Gasteiger partial charge in [0.05, 0.1) is 0 Å². The molecule has 0 spiro atoms. The molecule has 3 heteroatoms. The SMILES string of the molecule is Cc1cccc(/C=C/c2c[nH]c3ccc(Cl)cc23)[n+]1C. The summed E-state index contributed by atoms with van der Waals surface area (Å²) in [5, 5.41) is 1.90. The number of aryl methyl sites for hydroxylation is 1. The molecule has 2 heterocycles. The molecule has 20 heavy (non-hydrogen) atoms. The van der Waals surface area contributed by atoms with Crippen LogP contribution >= 0.6 is 11.6 Å². The Kier molecular flexibility index (Phi) is 3.33. The summed E-state index contributed by atoms with van der Waals surface area (Å²) in [4.78, 5) is 3.26. The van der Waals surface area contributed by atoms with Crippen LogP contribution in [0, 0.1) is 6.92 Å². The quantitative estimate of drug-likeness (QED) is 0.683. The first-order chi connectivity index (χ1) is 9.65. The Morgan fingerprint density at radius 2 is 2.00 bits per heavy atom. The Bertz CT molecular complexity index is 800. The van der Waals surface area contributed by atoms with Crippen LogP contribution in [0.3, 0.4) is 0 Å². The van der Waals surface area contributed by atoms with Gasteiger partial charge in [-0.05, 0) is 30.3 Å². The third kappa shape index (κ3) is 2.35. The highest BCUT2D eigenvalue weighted by Crippen LogP contribution is 2.23. The maximum atomic E-state index is 6.07. The van der Waals surface area contributed by atoms with Gasteiger partial charge in [-0.2, -0.15) is 4.57 Å². The van der Waals surface area contributed by atoms with Crippen LogP contribution in [-0.4, -0.2) is 4.98 Å². The van der Waals surface area contributed by atoms with E-state index in [1.54, 1.807) is 0 Å². The Morgan fingerprint density at radius 1 is 1.15 bits per heavy atom. The zero-order valence-corrected chi connectivity index (χ0v) is 12.3. The van der Waals surface area contributed by atoms with E-state index in [1.807, 2.05) is 24.4 Å². The van der Waals surface area contributed by atoms with E-state index in [9.17, 15) is 0 Å². The van der Waals surface area contributed by atoms with Crippen LogP contribution in [0.25, 0.3) is 23.1 Å². The number of rotatable bonds is 2. The molecule has 0 atom stereocenters. The zero-order valence-electron chi connectivity index (χ0n) is 11.5. The van der Waals surface area contributed by atoms with E-state index in [0.29, 0.717) is 0 Å². The summed E-state index contributed by atoms with van der Waals surface area (Å²) < 4.78 is 2.17. The number of hydrogen-bond acceptors (Lipinski definition) is 0. The molecule has 3 rings (SSSR count). The smallest absolute Gasteiger partial charge is 0.205 e. The van der Waals surface area contributed by atoms with Crippen molar-refractivity contribution in [2.45, 2.75) is 6.92 Å². The Morgan fingerprint density at radius 3 is 2.85 bits per heavy atom. The molecule has 3 aromatic rings. The molecule has 0 amide bonds. The van der Waals surface area contributed by atoms with Gasteiger partial charge in [-0.3, -0.25) is 0 Å². The first kappa shape index (κ1) is 12.9. The molecule has 0 saturated carbocycles. The number of hydrogen-bond donors (Lipinski definition) is 1. The lowest BCUT2D eigenvalue weighted by molar-refractivity contribution is -0.679. The molecule has 0 aliphatic rings. The highest BCUT2D eigenvalue weighted by molar-refractivity contribution is 6.31. The average molecular weight is 284 g/mol. The number of pyridine rings is 1. The molecule has 0 aliphatic carbocycles. The summed E-state index contributed by atoms with van der Waals surface area (Å²) in [5.41, 5.74) is 4.64. The number of benzene rings is 1. The van der Waals surface area contributed by atoms with Gasteiger partial charge in [0.25, 0.3) is 0 Å². The summed E-state index contributed by atoms with van der Waals surface area (Å²) in [5.74, 6) is 0. The lowest BCUT2D eigenvalue weighted by Gasteiger charge is -1.97. The second-order valence-electron chi connectivity index (χ2n) is 4.92. The van der Waals surface area contributed by atoms with Crippen LogP contribution in [0.4, 0.5) is 0 Å². The fraction of sp³-hybridized carbons (Fsp3) is 0.118. The zero-order chi connectivity index (χ0) is 14.1. The van der Waals surface area contributed by atoms with E-state index in [4.69, 9.17) is 11.6 Å². The Hall–Kier alpha value is -2.06. The second kappa shape index (κ2) is 5.14. The molecule has 0 unspecified atom stereocenters. The summed E-state index contributed by atoms with van der Waals surface area (Å²) >= 11 is 6.07. The van der Waals surface area contributed by atoms with Crippen molar-refractivity contribution in [3.63, 3.8) is 0 Å². The number of nitrogens with one attached hydrogen (secondary N) is 1. The standard InChI is InChI=1S/C17H15ClN2/c1-12-4-3-5-15(20(12)2)8-6-13-11-19-17-9-7-14(18)10-16(13)17/h3-11H,1-2H3/p+1. The third-order valence-corrected chi connectivity index (χ3v) is 3.87. The van der Waals surface area contributed by atoms with Crippen molar-refractivity contribution >= 4 is 34.7 Å². The van der Waals surface area contributed by atoms with Crippen molar-refractivity contribution in [2.75, 3.05) is 0 Å². The van der Waals surface area contributed by atoms with Gasteiger partial charge in [-0.15, -0.1) is 0 Å². The van der Waals surface area contributed by atoms with Gasteiger partial charge in [-0.25, -0.2) is 0 Å². The molecule has 0 bridgehead atoms. The number of fused-ring (bicyclic) bond motifs is 1. The lowest BCUT2D eigenvalue weighted by Crippen LogP contribution is -2.34. The van der Waals surface area contributed by atoms with E-state index >= 15 is 0 Å². The van der Waals surface area contributed by atoms with Crippen LogP contribution in [0.2, 0.25) is 5.02 Å². The molecule has 1 aromatic carbocycles. The van der Waals surface area contributed by atoms with E-state index in [1.165, 1.54) is 11.4 Å². The molecule has 0 fully saturated rings. The maximum absolute atomic E-state index is 6.07. The van der Waals surface area contributed by atoms with Crippen molar-refractivity contribution in [3.8, 4) is 0 Å². The van der Waals surface area contributed by atoms with Crippen LogP contribution in [0.1, 0.15) is 17.0 Å². The minimum absolute atomic E-state index is 0.757. The van der Waals surface area contributed by atoms with Gasteiger partial charge in [0, 0.05) is 52.8 Å². The third-order valence-electron chi connectivity index (χ3n) is 3.63. The lowest BCUT2D eigenvalue weighted by atomic mass is 10.1. The molecule has 1 N–H and O–H groups in total. The average Bonchev–Trinajstić information content (AvgIpc) is 2.83. The molecule has 0 radical (unpaired) electrons. The van der Waals surface area contributed by atoms with E-state index in [2.05, 4.69) is 53.9 Å². The second-order valence-corrected chi connectivity index (χ2v) is 5.35. The van der Waals surface area contributed by atoms with Gasteiger partial charge < -0.3 is 4.98 Å². The highest BCUT2D eigenvalue weighted by Gasteiger charge is 2.06. The molecule has 2 nitrogen and oxygen atoms in total. The van der Waals surface area contributed by atoms with Gasteiger partial charge >= 0.3 is 0 Å². The number of H-pyrrole nitrogens is 1. The van der Waals surface area contributed by atoms with Gasteiger partial charge in [0.1, 0.15) is 7.05 Å². The topological polar surface area (TPSA) is 19.7 Å². The minimum atomic E-state index is 0.757. The normalized spacial score (nSPS) is 11.6. The highest BCUT2D eigenvalue weighted by atomic mass is 35.5. The van der Waals surface area contributed by atoms with Crippen LogP contribution < -0.4 is 4.57 Å². The largest absolute Gasteiger partial charge is 0.361 e. The van der Waals surface area contributed by atoms with Crippen molar-refractivity contribution < 1.29 is 4.57 Å². The summed E-state index contributed by atoms with van der Waals surface area (Å²) in [7, 11) is 2.07. The number of nitrogens with zero attached hydrogens (tertiary/aromatic N) is 1. The van der Waals surface area contributed by atoms with Crippen LogP contribution in [0.5, 0.6) is 0 Å². The predicted octanol–water partition coefficient (Wildman–Crippen LogP) is 4.12. The molecular formula is C17H16ClN2+. The van der Waals surface area contributed by atoms with Gasteiger partial charge in [-0.1, -0.05) is 11.6 Å². The maximum Gasteiger partial charge on any atom is 0.205 e. The predicted molar refractivity (Wildman–Crippen MR) is 84.6 cm³/mol. The van der Waals surface area contributed by atoms with E-state index in [-0.39, 0.29) is 0 Å². The molecule has 100 valence electrons. The van der Waals surface area contributed by atoms with Gasteiger partial charge in [0.2, 0.25) is 5.69 Å². The monoisotopic (exact) mass is 283 g/mol. The summed E-state index contributed by atoms with van der Waals surface area (Å²) in [6, 6.07) is 12.2. The minimum Gasteiger partial charge on any atom is -0.361 e. The van der Waals surface area contributed by atoms with Crippen molar-refractivity contribution in [2.24, 2.45) is 7.05 Å². The number of aromatic nitrogens is 2. The summed E-state index contributed by atoms with van der Waals surface area (Å²) in [6.07, 6.45) is 6.24.